The lowest BCUT2D eigenvalue weighted by atomic mass is 9.86. The molecule has 1 atom stereocenters. The predicted molar refractivity (Wildman–Crippen MR) is 76.1 cm³/mol. The molecule has 2 amide bonds. The van der Waals surface area contributed by atoms with Crippen LogP contribution in [-0.4, -0.2) is 53.6 Å². The highest BCUT2D eigenvalue weighted by Gasteiger charge is 2.37. The number of hydrogen-bond donors (Lipinski definition) is 1. The molecule has 5 heteroatoms. The minimum Gasteiger partial charge on any atom is -0.480 e. The minimum absolute atomic E-state index is 0.272. The molecular formula is C14H26N2O3. The highest BCUT2D eigenvalue weighted by atomic mass is 16.4. The van der Waals surface area contributed by atoms with Gasteiger partial charge in [-0.25, -0.2) is 9.59 Å². The average molecular weight is 270 g/mol. The average Bonchev–Trinajstić information content (AvgIpc) is 2.25. The molecule has 0 aliphatic carbocycles. The van der Waals surface area contributed by atoms with Crippen molar-refractivity contribution in [2.45, 2.75) is 39.7 Å². The summed E-state index contributed by atoms with van der Waals surface area (Å²) in [6, 6.07) is -1.12. The Morgan fingerprint density at radius 1 is 1.32 bits per heavy atom. The van der Waals surface area contributed by atoms with E-state index in [4.69, 9.17) is 0 Å². The number of aliphatic carboxylic acids is 1. The predicted octanol–water partition coefficient (Wildman–Crippen LogP) is 2.44. The van der Waals surface area contributed by atoms with Crippen LogP contribution in [0.15, 0.2) is 12.7 Å². The van der Waals surface area contributed by atoms with Crippen molar-refractivity contribution >= 4 is 12.0 Å². The number of carbonyl (C=O) groups is 2. The van der Waals surface area contributed by atoms with Crippen LogP contribution in [0.4, 0.5) is 4.79 Å². The van der Waals surface area contributed by atoms with Crippen molar-refractivity contribution in [3.8, 4) is 0 Å². The van der Waals surface area contributed by atoms with E-state index >= 15 is 0 Å². The Balaban J connectivity index is 4.76. The number of rotatable bonds is 6. The van der Waals surface area contributed by atoms with E-state index in [1.54, 1.807) is 18.0 Å². The molecule has 1 N–H and O–H groups in total. The SMILES string of the molecule is C=CCCCN(C)C(=O)N(C)[C@H](C(=O)O)C(C)(C)C. The van der Waals surface area contributed by atoms with Crippen molar-refractivity contribution in [1.29, 1.82) is 0 Å². The molecule has 0 unspecified atom stereocenters. The molecule has 0 fully saturated rings. The number of allylic oxidation sites excluding steroid dienone is 1. The minimum atomic E-state index is -0.983. The number of amides is 2. The highest BCUT2D eigenvalue weighted by Crippen LogP contribution is 2.24. The van der Waals surface area contributed by atoms with Gasteiger partial charge in [0.05, 0.1) is 0 Å². The van der Waals surface area contributed by atoms with Gasteiger partial charge in [0.25, 0.3) is 0 Å². The first-order valence-electron chi connectivity index (χ1n) is 6.44. The summed E-state index contributed by atoms with van der Waals surface area (Å²) in [5.74, 6) is -0.983. The molecule has 0 aliphatic heterocycles. The number of hydrogen-bond acceptors (Lipinski definition) is 2. The maximum Gasteiger partial charge on any atom is 0.327 e. The molecule has 19 heavy (non-hydrogen) atoms. The lowest BCUT2D eigenvalue weighted by Crippen LogP contribution is -2.53. The van der Waals surface area contributed by atoms with E-state index in [1.165, 1.54) is 11.9 Å². The van der Waals surface area contributed by atoms with E-state index in [2.05, 4.69) is 6.58 Å². The van der Waals surface area contributed by atoms with Crippen LogP contribution in [0.5, 0.6) is 0 Å². The molecular weight excluding hydrogens is 244 g/mol. The Bertz CT molecular complexity index is 334. The van der Waals surface area contributed by atoms with E-state index in [0.717, 1.165) is 12.8 Å². The summed E-state index contributed by atoms with van der Waals surface area (Å²) in [5, 5.41) is 9.30. The zero-order valence-electron chi connectivity index (χ0n) is 12.6. The van der Waals surface area contributed by atoms with Crippen LogP contribution < -0.4 is 0 Å². The van der Waals surface area contributed by atoms with Gasteiger partial charge < -0.3 is 14.9 Å². The Hall–Kier alpha value is -1.52. The van der Waals surface area contributed by atoms with E-state index in [1.807, 2.05) is 20.8 Å². The Kier molecular flexibility index (Phi) is 6.59. The second-order valence-electron chi connectivity index (χ2n) is 5.85. The van der Waals surface area contributed by atoms with Crippen molar-refractivity contribution in [2.24, 2.45) is 5.41 Å². The summed E-state index contributed by atoms with van der Waals surface area (Å²) in [5.41, 5.74) is -0.516. The molecule has 0 aromatic heterocycles. The van der Waals surface area contributed by atoms with E-state index < -0.39 is 17.4 Å². The van der Waals surface area contributed by atoms with Crippen LogP contribution in [0.1, 0.15) is 33.6 Å². The van der Waals surface area contributed by atoms with Gasteiger partial charge in [-0.2, -0.15) is 0 Å². The second kappa shape index (κ2) is 7.16. The van der Waals surface area contributed by atoms with Gasteiger partial charge in [-0.3, -0.25) is 0 Å². The smallest absolute Gasteiger partial charge is 0.327 e. The van der Waals surface area contributed by atoms with Crippen molar-refractivity contribution < 1.29 is 14.7 Å². The van der Waals surface area contributed by atoms with Crippen LogP contribution in [0.2, 0.25) is 0 Å². The van der Waals surface area contributed by atoms with E-state index in [0.29, 0.717) is 6.54 Å². The zero-order valence-corrected chi connectivity index (χ0v) is 12.6. The number of nitrogens with zero attached hydrogens (tertiary/aromatic N) is 2. The zero-order chi connectivity index (χ0) is 15.2. The Morgan fingerprint density at radius 2 is 1.84 bits per heavy atom. The molecule has 5 nitrogen and oxygen atoms in total. The maximum absolute atomic E-state index is 12.2. The summed E-state index contributed by atoms with van der Waals surface area (Å²) in [6.45, 7) is 9.66. The van der Waals surface area contributed by atoms with Gasteiger partial charge in [0.15, 0.2) is 0 Å². The summed E-state index contributed by atoms with van der Waals surface area (Å²) in [4.78, 5) is 26.4. The van der Waals surface area contributed by atoms with Crippen molar-refractivity contribution in [1.82, 2.24) is 9.80 Å². The summed E-state index contributed by atoms with van der Waals surface area (Å²) < 4.78 is 0. The fraction of sp³-hybridized carbons (Fsp3) is 0.714. The number of carboxylic acids is 1. The fourth-order valence-corrected chi connectivity index (χ4v) is 2.07. The molecule has 0 saturated carbocycles. The van der Waals surface area contributed by atoms with Gasteiger partial charge >= 0.3 is 12.0 Å². The van der Waals surface area contributed by atoms with Crippen LogP contribution in [-0.2, 0) is 4.79 Å². The second-order valence-corrected chi connectivity index (χ2v) is 5.85. The molecule has 0 aliphatic rings. The molecule has 0 saturated heterocycles. The summed E-state index contributed by atoms with van der Waals surface area (Å²) in [6.07, 6.45) is 3.47. The van der Waals surface area contributed by atoms with Gasteiger partial charge in [0.2, 0.25) is 0 Å². The van der Waals surface area contributed by atoms with Crippen molar-refractivity contribution in [3.63, 3.8) is 0 Å². The number of carboxylic acid groups (broad SMARTS) is 1. The number of unbranched alkanes of at least 4 members (excludes halogenated alkanes) is 1. The molecule has 0 aromatic rings. The van der Waals surface area contributed by atoms with Gasteiger partial charge in [-0.1, -0.05) is 26.8 Å². The summed E-state index contributed by atoms with van der Waals surface area (Å²) >= 11 is 0. The molecule has 110 valence electrons. The van der Waals surface area contributed by atoms with Crippen LogP contribution in [0, 0.1) is 5.41 Å². The molecule has 0 heterocycles. The highest BCUT2D eigenvalue weighted by molar-refractivity contribution is 5.83. The van der Waals surface area contributed by atoms with Gasteiger partial charge in [-0.15, -0.1) is 6.58 Å². The first-order valence-corrected chi connectivity index (χ1v) is 6.44. The molecule has 0 bridgehead atoms. The van der Waals surface area contributed by atoms with Crippen LogP contribution in [0.25, 0.3) is 0 Å². The largest absolute Gasteiger partial charge is 0.480 e. The number of carbonyl (C=O) groups excluding carboxylic acids is 1. The van der Waals surface area contributed by atoms with E-state index in [9.17, 15) is 14.7 Å². The lowest BCUT2D eigenvalue weighted by molar-refractivity contribution is -0.145. The number of likely N-dealkylation sites (N-methyl/N-ethyl adjacent to an activating group) is 1. The standard InChI is InChI=1S/C14H26N2O3/c1-7-8-9-10-15(5)13(19)16(6)11(12(17)18)14(2,3)4/h7,11H,1,8-10H2,2-6H3,(H,17,18)/t11-/m1/s1. The van der Waals surface area contributed by atoms with Crippen molar-refractivity contribution in [3.05, 3.63) is 12.7 Å². The van der Waals surface area contributed by atoms with Crippen molar-refractivity contribution in [2.75, 3.05) is 20.6 Å². The Labute approximate surface area is 115 Å². The first kappa shape index (κ1) is 17.5. The fourth-order valence-electron chi connectivity index (χ4n) is 2.07. The lowest BCUT2D eigenvalue weighted by Gasteiger charge is -2.36. The third kappa shape index (κ3) is 5.32. The van der Waals surface area contributed by atoms with Gasteiger partial charge in [0, 0.05) is 20.6 Å². The first-order chi connectivity index (χ1) is 8.62. The molecule has 0 spiro atoms. The number of urea groups is 1. The molecule has 0 rings (SSSR count). The van der Waals surface area contributed by atoms with Gasteiger partial charge in [-0.05, 0) is 18.3 Å². The monoisotopic (exact) mass is 270 g/mol. The van der Waals surface area contributed by atoms with E-state index in [-0.39, 0.29) is 6.03 Å². The third-order valence-electron chi connectivity index (χ3n) is 2.97. The normalized spacial score (nSPS) is 12.7. The van der Waals surface area contributed by atoms with Crippen LogP contribution in [0.3, 0.4) is 0 Å². The summed E-state index contributed by atoms with van der Waals surface area (Å²) in [7, 11) is 3.22. The topological polar surface area (TPSA) is 60.9 Å². The Morgan fingerprint density at radius 3 is 2.21 bits per heavy atom. The maximum atomic E-state index is 12.2. The third-order valence-corrected chi connectivity index (χ3v) is 2.97. The molecule has 0 radical (unpaired) electrons. The molecule has 0 aromatic carbocycles. The van der Waals surface area contributed by atoms with Crippen LogP contribution >= 0.6 is 0 Å². The quantitative estimate of drug-likeness (QED) is 0.595. The van der Waals surface area contributed by atoms with Gasteiger partial charge in [0.1, 0.15) is 6.04 Å².